The summed E-state index contributed by atoms with van der Waals surface area (Å²) in [6.07, 6.45) is 5.59. The zero-order valence-electron chi connectivity index (χ0n) is 15.0. The van der Waals surface area contributed by atoms with E-state index in [0.29, 0.717) is 49.4 Å². The molecule has 3 rings (SSSR count). The van der Waals surface area contributed by atoms with Crippen LogP contribution >= 0.6 is 0 Å². The molecule has 0 aromatic heterocycles. The van der Waals surface area contributed by atoms with Crippen LogP contribution < -0.4 is 9.47 Å². The fourth-order valence-corrected chi connectivity index (χ4v) is 2.52. The van der Waals surface area contributed by atoms with E-state index in [1.165, 1.54) is 0 Å². The van der Waals surface area contributed by atoms with Gasteiger partial charge in [0.25, 0.3) is 0 Å². The van der Waals surface area contributed by atoms with Crippen molar-refractivity contribution in [1.82, 2.24) is 0 Å². The Hall–Kier alpha value is -2.24. The lowest BCUT2D eigenvalue weighted by molar-refractivity contribution is -0.145. The first-order chi connectivity index (χ1) is 12.7. The molecule has 2 fully saturated rings. The summed E-state index contributed by atoms with van der Waals surface area (Å²) in [6, 6.07) is 7.21. The molecule has 0 amide bonds. The summed E-state index contributed by atoms with van der Waals surface area (Å²) in [6.45, 7) is 1.10. The van der Waals surface area contributed by atoms with Gasteiger partial charge in [-0.3, -0.25) is 9.59 Å². The third kappa shape index (κ3) is 7.33. The Kier molecular flexibility index (Phi) is 6.75. The maximum absolute atomic E-state index is 11.5. The first-order valence-electron chi connectivity index (χ1n) is 9.36. The summed E-state index contributed by atoms with van der Waals surface area (Å²) >= 11 is 0. The van der Waals surface area contributed by atoms with Crippen LogP contribution in [0.1, 0.15) is 38.5 Å². The molecule has 0 atom stereocenters. The number of hydrogen-bond acceptors (Lipinski definition) is 6. The second-order valence-corrected chi connectivity index (χ2v) is 6.91. The molecular weight excluding hydrogens is 336 g/mol. The molecule has 26 heavy (non-hydrogen) atoms. The number of carbonyl (C=O) groups is 2. The van der Waals surface area contributed by atoms with Crippen LogP contribution in [0.5, 0.6) is 11.5 Å². The first-order valence-corrected chi connectivity index (χ1v) is 9.36. The van der Waals surface area contributed by atoms with Gasteiger partial charge in [-0.15, -0.1) is 0 Å². The Morgan fingerprint density at radius 3 is 1.65 bits per heavy atom. The molecule has 0 unspecified atom stereocenters. The fraction of sp³-hybridized carbons (Fsp3) is 0.600. The van der Waals surface area contributed by atoms with Crippen molar-refractivity contribution in [2.75, 3.05) is 26.4 Å². The standard InChI is InChI=1S/C20H26O6/c21-19(12-15-4-5-15)25-10-8-23-17-2-1-3-18(14-17)24-9-11-26-20(22)13-16-6-7-16/h1-3,14-16H,4-13H2. The topological polar surface area (TPSA) is 71.1 Å². The summed E-state index contributed by atoms with van der Waals surface area (Å²) in [5, 5.41) is 0. The van der Waals surface area contributed by atoms with Gasteiger partial charge in [0.15, 0.2) is 0 Å². The van der Waals surface area contributed by atoms with Gasteiger partial charge in [0, 0.05) is 18.9 Å². The van der Waals surface area contributed by atoms with Crippen molar-refractivity contribution < 1.29 is 28.5 Å². The third-order valence-electron chi connectivity index (χ3n) is 4.34. The molecule has 2 aliphatic rings. The third-order valence-corrected chi connectivity index (χ3v) is 4.34. The highest BCUT2D eigenvalue weighted by Crippen LogP contribution is 2.33. The second-order valence-electron chi connectivity index (χ2n) is 6.91. The molecule has 0 heterocycles. The minimum Gasteiger partial charge on any atom is -0.490 e. The average Bonchev–Trinajstić information content (AvgIpc) is 3.53. The Labute approximate surface area is 153 Å². The van der Waals surface area contributed by atoms with Gasteiger partial charge in [-0.05, 0) is 49.7 Å². The van der Waals surface area contributed by atoms with E-state index in [1.54, 1.807) is 6.07 Å². The van der Waals surface area contributed by atoms with E-state index in [2.05, 4.69) is 0 Å². The van der Waals surface area contributed by atoms with Crippen molar-refractivity contribution in [3.05, 3.63) is 24.3 Å². The Balaban J connectivity index is 1.27. The number of ether oxygens (including phenoxy) is 4. The zero-order chi connectivity index (χ0) is 18.2. The van der Waals surface area contributed by atoms with Crippen molar-refractivity contribution >= 4 is 11.9 Å². The van der Waals surface area contributed by atoms with Crippen molar-refractivity contribution in [2.24, 2.45) is 11.8 Å². The summed E-state index contributed by atoms with van der Waals surface area (Å²) in [7, 11) is 0. The van der Waals surface area contributed by atoms with Crippen LogP contribution in [0.3, 0.4) is 0 Å². The lowest BCUT2D eigenvalue weighted by Crippen LogP contribution is -2.13. The highest BCUT2D eigenvalue weighted by atomic mass is 16.6. The molecule has 0 aliphatic heterocycles. The summed E-state index contributed by atoms with van der Waals surface area (Å²) < 4.78 is 21.4. The minimum atomic E-state index is -0.149. The van der Waals surface area contributed by atoms with Crippen LogP contribution in [0, 0.1) is 11.8 Å². The van der Waals surface area contributed by atoms with Crippen LogP contribution in [0.15, 0.2) is 24.3 Å². The van der Waals surface area contributed by atoms with E-state index in [-0.39, 0.29) is 25.2 Å². The number of esters is 2. The molecule has 1 aromatic carbocycles. The largest absolute Gasteiger partial charge is 0.490 e. The molecular formula is C20H26O6. The SMILES string of the molecule is O=C(CC1CC1)OCCOc1cccc(OCCOC(=O)CC2CC2)c1. The van der Waals surface area contributed by atoms with Gasteiger partial charge < -0.3 is 18.9 Å². The molecule has 0 spiro atoms. The molecule has 2 saturated carbocycles. The van der Waals surface area contributed by atoms with Crippen LogP contribution in [0.2, 0.25) is 0 Å². The van der Waals surface area contributed by atoms with Gasteiger partial charge in [-0.1, -0.05) is 6.07 Å². The number of rotatable bonds is 12. The van der Waals surface area contributed by atoms with Crippen LogP contribution in [-0.2, 0) is 19.1 Å². The minimum absolute atomic E-state index is 0.149. The second kappa shape index (κ2) is 9.46. The molecule has 6 heteroatoms. The van der Waals surface area contributed by atoms with E-state index in [0.717, 1.165) is 25.7 Å². The van der Waals surface area contributed by atoms with E-state index in [9.17, 15) is 9.59 Å². The Morgan fingerprint density at radius 1 is 0.769 bits per heavy atom. The van der Waals surface area contributed by atoms with Gasteiger partial charge in [-0.2, -0.15) is 0 Å². The van der Waals surface area contributed by atoms with Crippen LogP contribution in [0.25, 0.3) is 0 Å². The predicted octanol–water partition coefficient (Wildman–Crippen LogP) is 3.13. The molecule has 1 aromatic rings. The smallest absolute Gasteiger partial charge is 0.306 e. The number of hydrogen-bond donors (Lipinski definition) is 0. The van der Waals surface area contributed by atoms with Crippen molar-refractivity contribution in [2.45, 2.75) is 38.5 Å². The average molecular weight is 362 g/mol. The lowest BCUT2D eigenvalue weighted by Gasteiger charge is -2.10. The van der Waals surface area contributed by atoms with Gasteiger partial charge in [0.1, 0.15) is 37.9 Å². The van der Waals surface area contributed by atoms with Gasteiger partial charge >= 0.3 is 11.9 Å². The lowest BCUT2D eigenvalue weighted by atomic mass is 10.3. The number of carbonyl (C=O) groups excluding carboxylic acids is 2. The van der Waals surface area contributed by atoms with Crippen molar-refractivity contribution in [3.8, 4) is 11.5 Å². The van der Waals surface area contributed by atoms with E-state index >= 15 is 0 Å². The quantitative estimate of drug-likeness (QED) is 0.420. The molecule has 0 saturated heterocycles. The molecule has 0 radical (unpaired) electrons. The van der Waals surface area contributed by atoms with E-state index < -0.39 is 0 Å². The molecule has 6 nitrogen and oxygen atoms in total. The van der Waals surface area contributed by atoms with Gasteiger partial charge in [-0.25, -0.2) is 0 Å². The van der Waals surface area contributed by atoms with Crippen molar-refractivity contribution in [1.29, 1.82) is 0 Å². The summed E-state index contributed by atoms with van der Waals surface area (Å²) in [4.78, 5) is 23.0. The maximum Gasteiger partial charge on any atom is 0.306 e. The zero-order valence-corrected chi connectivity index (χ0v) is 15.0. The summed E-state index contributed by atoms with van der Waals surface area (Å²) in [5.41, 5.74) is 0. The normalized spacial score (nSPS) is 16.0. The first kappa shape index (κ1) is 18.5. The molecule has 0 bridgehead atoms. The Bertz CT molecular complexity index is 557. The monoisotopic (exact) mass is 362 g/mol. The molecule has 0 N–H and O–H groups in total. The fourth-order valence-electron chi connectivity index (χ4n) is 2.52. The Morgan fingerprint density at radius 2 is 1.23 bits per heavy atom. The van der Waals surface area contributed by atoms with Gasteiger partial charge in [0.05, 0.1) is 0 Å². The van der Waals surface area contributed by atoms with Crippen molar-refractivity contribution in [3.63, 3.8) is 0 Å². The molecule has 142 valence electrons. The predicted molar refractivity (Wildman–Crippen MR) is 94.0 cm³/mol. The molecule has 2 aliphatic carbocycles. The highest BCUT2D eigenvalue weighted by molar-refractivity contribution is 5.70. The highest BCUT2D eigenvalue weighted by Gasteiger charge is 2.25. The number of benzene rings is 1. The summed E-state index contributed by atoms with van der Waals surface area (Å²) in [5.74, 6) is 2.06. The van der Waals surface area contributed by atoms with E-state index in [1.807, 2.05) is 18.2 Å². The van der Waals surface area contributed by atoms with Crippen LogP contribution in [0.4, 0.5) is 0 Å². The van der Waals surface area contributed by atoms with Crippen LogP contribution in [-0.4, -0.2) is 38.4 Å². The van der Waals surface area contributed by atoms with Gasteiger partial charge in [0.2, 0.25) is 0 Å². The van der Waals surface area contributed by atoms with E-state index in [4.69, 9.17) is 18.9 Å². The maximum atomic E-state index is 11.5.